The number of nitrogens with zero attached hydrogens (tertiary/aromatic N) is 1. The molecular weight excluding hydrogens is 172 g/mol. The molecule has 1 aromatic rings. The Morgan fingerprint density at radius 1 is 1.67 bits per heavy atom. The summed E-state index contributed by atoms with van der Waals surface area (Å²) in [5, 5.41) is 0.652. The summed E-state index contributed by atoms with van der Waals surface area (Å²) in [5.74, 6) is 1.02. The van der Waals surface area contributed by atoms with E-state index in [1.165, 1.54) is 0 Å². The first-order chi connectivity index (χ1) is 5.65. The maximum absolute atomic E-state index is 5.80. The second-order valence-corrected chi connectivity index (χ2v) is 3.37. The van der Waals surface area contributed by atoms with Gasteiger partial charge in [0.1, 0.15) is 5.82 Å². The van der Waals surface area contributed by atoms with E-state index < -0.39 is 0 Å². The maximum Gasteiger partial charge on any atom is 0.126 e. The second-order valence-electron chi connectivity index (χ2n) is 2.94. The number of aromatic nitrogens is 1. The van der Waals surface area contributed by atoms with Crippen molar-refractivity contribution in [1.29, 1.82) is 0 Å². The van der Waals surface area contributed by atoms with Crippen LogP contribution in [0.5, 0.6) is 0 Å². The Balaban J connectivity index is 3.04. The van der Waals surface area contributed by atoms with Crippen molar-refractivity contribution < 1.29 is 0 Å². The maximum atomic E-state index is 5.80. The van der Waals surface area contributed by atoms with E-state index in [0.717, 1.165) is 12.0 Å². The smallest absolute Gasteiger partial charge is 0.126 e. The summed E-state index contributed by atoms with van der Waals surface area (Å²) in [4.78, 5) is 3.99. The highest BCUT2D eigenvalue weighted by molar-refractivity contribution is 6.30. The number of anilines is 1. The molecule has 0 aliphatic carbocycles. The number of nitrogen functional groups attached to an aromatic ring is 1. The Bertz CT molecular complexity index is 273. The van der Waals surface area contributed by atoms with Crippen molar-refractivity contribution >= 4 is 17.4 Å². The van der Waals surface area contributed by atoms with Crippen molar-refractivity contribution in [2.75, 3.05) is 5.73 Å². The molecule has 0 spiro atoms. The minimum absolute atomic E-state index is 0.427. The van der Waals surface area contributed by atoms with Gasteiger partial charge in [-0.25, -0.2) is 4.98 Å². The van der Waals surface area contributed by atoms with Crippen LogP contribution in [0.2, 0.25) is 5.02 Å². The molecule has 1 aromatic heterocycles. The van der Waals surface area contributed by atoms with Crippen LogP contribution < -0.4 is 5.73 Å². The van der Waals surface area contributed by atoms with E-state index in [1.54, 1.807) is 6.20 Å². The lowest BCUT2D eigenvalue weighted by atomic mass is 10.00. The van der Waals surface area contributed by atoms with E-state index >= 15 is 0 Å². The summed E-state index contributed by atoms with van der Waals surface area (Å²) < 4.78 is 0. The Labute approximate surface area is 77.8 Å². The van der Waals surface area contributed by atoms with Crippen LogP contribution in [-0.4, -0.2) is 4.98 Å². The molecule has 66 valence electrons. The van der Waals surface area contributed by atoms with E-state index in [9.17, 15) is 0 Å². The average molecular weight is 185 g/mol. The average Bonchev–Trinajstić information content (AvgIpc) is 2.08. The summed E-state index contributed by atoms with van der Waals surface area (Å²) in [6.45, 7) is 4.23. The number of hydrogen-bond donors (Lipinski definition) is 1. The van der Waals surface area contributed by atoms with Gasteiger partial charge in [0.15, 0.2) is 0 Å². The van der Waals surface area contributed by atoms with E-state index in [1.807, 2.05) is 6.07 Å². The summed E-state index contributed by atoms with van der Waals surface area (Å²) in [6.07, 6.45) is 2.62. The zero-order valence-corrected chi connectivity index (χ0v) is 8.10. The van der Waals surface area contributed by atoms with Gasteiger partial charge in [-0.2, -0.15) is 0 Å². The fourth-order valence-electron chi connectivity index (χ4n) is 1.08. The molecule has 2 N–H and O–H groups in total. The van der Waals surface area contributed by atoms with Crippen LogP contribution in [0.25, 0.3) is 0 Å². The molecule has 12 heavy (non-hydrogen) atoms. The van der Waals surface area contributed by atoms with Crippen LogP contribution in [0.1, 0.15) is 31.7 Å². The van der Waals surface area contributed by atoms with Crippen LogP contribution in [0.4, 0.5) is 5.82 Å². The van der Waals surface area contributed by atoms with Gasteiger partial charge in [-0.05, 0) is 24.0 Å². The van der Waals surface area contributed by atoms with Crippen molar-refractivity contribution in [1.82, 2.24) is 4.98 Å². The Morgan fingerprint density at radius 3 is 2.92 bits per heavy atom. The van der Waals surface area contributed by atoms with Crippen LogP contribution >= 0.6 is 11.6 Å². The molecule has 0 bridgehead atoms. The van der Waals surface area contributed by atoms with Crippen molar-refractivity contribution in [2.45, 2.75) is 26.2 Å². The number of halogens is 1. The Morgan fingerprint density at radius 2 is 2.33 bits per heavy atom. The lowest BCUT2D eigenvalue weighted by Crippen LogP contribution is -2.00. The zero-order chi connectivity index (χ0) is 9.14. The van der Waals surface area contributed by atoms with E-state index in [0.29, 0.717) is 16.8 Å². The molecule has 0 fully saturated rings. The third-order valence-electron chi connectivity index (χ3n) is 2.06. The van der Waals surface area contributed by atoms with Gasteiger partial charge in [-0.1, -0.05) is 25.4 Å². The largest absolute Gasteiger partial charge is 0.383 e. The molecule has 1 atom stereocenters. The van der Waals surface area contributed by atoms with E-state index in [4.69, 9.17) is 17.3 Å². The van der Waals surface area contributed by atoms with Crippen molar-refractivity contribution in [3.8, 4) is 0 Å². The fourth-order valence-corrected chi connectivity index (χ4v) is 1.25. The third kappa shape index (κ3) is 1.89. The number of rotatable bonds is 2. The van der Waals surface area contributed by atoms with Gasteiger partial charge in [0.25, 0.3) is 0 Å². The van der Waals surface area contributed by atoms with Crippen molar-refractivity contribution in [3.05, 3.63) is 22.8 Å². The van der Waals surface area contributed by atoms with Crippen molar-refractivity contribution in [3.63, 3.8) is 0 Å². The molecule has 0 saturated heterocycles. The molecule has 1 heterocycles. The zero-order valence-electron chi connectivity index (χ0n) is 7.34. The van der Waals surface area contributed by atoms with Gasteiger partial charge in [-0.3, -0.25) is 0 Å². The van der Waals surface area contributed by atoms with Crippen LogP contribution in [0, 0.1) is 0 Å². The highest BCUT2D eigenvalue weighted by Crippen LogP contribution is 2.25. The fraction of sp³-hybridized carbons (Fsp3) is 0.444. The van der Waals surface area contributed by atoms with Crippen LogP contribution in [0.15, 0.2) is 12.3 Å². The van der Waals surface area contributed by atoms with E-state index in [-0.39, 0.29) is 0 Å². The minimum Gasteiger partial charge on any atom is -0.383 e. The Hall–Kier alpha value is -0.760. The van der Waals surface area contributed by atoms with Crippen LogP contribution in [0.3, 0.4) is 0 Å². The highest BCUT2D eigenvalue weighted by Gasteiger charge is 2.08. The van der Waals surface area contributed by atoms with Gasteiger partial charge < -0.3 is 5.73 Å². The lowest BCUT2D eigenvalue weighted by molar-refractivity contribution is 0.733. The molecule has 0 amide bonds. The van der Waals surface area contributed by atoms with Gasteiger partial charge in [0.2, 0.25) is 0 Å². The molecule has 0 saturated carbocycles. The molecule has 0 aliphatic rings. The van der Waals surface area contributed by atoms with Crippen LogP contribution in [-0.2, 0) is 0 Å². The summed E-state index contributed by atoms with van der Waals surface area (Å²) >= 11 is 5.80. The molecule has 0 aromatic carbocycles. The first-order valence-corrected chi connectivity index (χ1v) is 4.43. The lowest BCUT2D eigenvalue weighted by Gasteiger charge is -2.10. The predicted octanol–water partition coefficient (Wildman–Crippen LogP) is 2.83. The van der Waals surface area contributed by atoms with Gasteiger partial charge in [0.05, 0.1) is 5.02 Å². The molecule has 1 rings (SSSR count). The van der Waals surface area contributed by atoms with Gasteiger partial charge in [-0.15, -0.1) is 0 Å². The molecule has 1 unspecified atom stereocenters. The molecule has 3 heteroatoms. The monoisotopic (exact) mass is 184 g/mol. The summed E-state index contributed by atoms with van der Waals surface area (Å²) in [5.41, 5.74) is 6.74. The molecule has 2 nitrogen and oxygen atoms in total. The number of pyridine rings is 1. The highest BCUT2D eigenvalue weighted by atomic mass is 35.5. The van der Waals surface area contributed by atoms with Crippen molar-refractivity contribution in [2.24, 2.45) is 0 Å². The number of nitrogens with two attached hydrogens (primary N) is 1. The Kier molecular flexibility index (Phi) is 2.93. The van der Waals surface area contributed by atoms with E-state index in [2.05, 4.69) is 18.8 Å². The molecule has 0 aliphatic heterocycles. The quantitative estimate of drug-likeness (QED) is 0.768. The summed E-state index contributed by atoms with van der Waals surface area (Å²) in [7, 11) is 0. The second kappa shape index (κ2) is 3.76. The topological polar surface area (TPSA) is 38.9 Å². The number of hydrogen-bond acceptors (Lipinski definition) is 2. The summed E-state index contributed by atoms with van der Waals surface area (Å²) in [6, 6.07) is 1.89. The molecule has 0 radical (unpaired) electrons. The minimum atomic E-state index is 0.427. The standard InChI is InChI=1S/C9H13ClN2/c1-3-6(2)8-4-7(10)5-12-9(8)11/h4-6H,3H2,1-2H3,(H2,11,12). The first-order valence-electron chi connectivity index (χ1n) is 4.06. The van der Waals surface area contributed by atoms with Gasteiger partial charge >= 0.3 is 0 Å². The SMILES string of the molecule is CCC(C)c1cc(Cl)cnc1N. The van der Waals surface area contributed by atoms with Gasteiger partial charge in [0, 0.05) is 6.20 Å². The first kappa shape index (κ1) is 9.33. The third-order valence-corrected chi connectivity index (χ3v) is 2.27. The normalized spacial score (nSPS) is 12.9. The molecular formula is C9H13ClN2. The predicted molar refractivity (Wildman–Crippen MR) is 52.4 cm³/mol.